The monoisotopic (exact) mass is 581 g/mol. The number of para-hydroxylation sites is 1. The molecule has 1 N–H and O–H groups in total. The fourth-order valence-corrected chi connectivity index (χ4v) is 5.24. The van der Waals surface area contributed by atoms with E-state index in [1.807, 2.05) is 44.2 Å². The zero-order chi connectivity index (χ0) is 29.7. The van der Waals surface area contributed by atoms with Crippen LogP contribution >= 0.6 is 11.6 Å². The molecule has 0 aromatic heterocycles. The number of hydrogen-bond donors (Lipinski definition) is 1. The number of ether oxygens (including phenoxy) is 1. The molecule has 1 heterocycles. The van der Waals surface area contributed by atoms with Crippen LogP contribution in [0.15, 0.2) is 72.8 Å². The van der Waals surface area contributed by atoms with Crippen LogP contribution in [0, 0.1) is 18.7 Å². The summed E-state index contributed by atoms with van der Waals surface area (Å²) >= 11 is 6.08. The highest BCUT2D eigenvalue weighted by Gasteiger charge is 2.40. The lowest BCUT2D eigenvalue weighted by Crippen LogP contribution is -2.59. The van der Waals surface area contributed by atoms with Gasteiger partial charge < -0.3 is 19.6 Å². The van der Waals surface area contributed by atoms with E-state index >= 15 is 0 Å². The van der Waals surface area contributed by atoms with Crippen LogP contribution in [0.1, 0.15) is 31.0 Å². The number of hydrogen-bond acceptors (Lipinski definition) is 4. The van der Waals surface area contributed by atoms with Gasteiger partial charge in [-0.05, 0) is 66.4 Å². The van der Waals surface area contributed by atoms with Crippen molar-refractivity contribution < 1.29 is 28.6 Å². The van der Waals surface area contributed by atoms with Crippen LogP contribution in [0.3, 0.4) is 0 Å². The molecule has 41 heavy (non-hydrogen) atoms. The highest BCUT2D eigenvalue weighted by molar-refractivity contribution is 6.30. The maximum atomic E-state index is 14.3. The molecule has 0 radical (unpaired) electrons. The molecule has 3 amide bonds. The Morgan fingerprint density at radius 3 is 2.29 bits per heavy atom. The van der Waals surface area contributed by atoms with Crippen LogP contribution in [0.2, 0.25) is 0 Å². The summed E-state index contributed by atoms with van der Waals surface area (Å²) in [6.45, 7) is 6.04. The Labute approximate surface area is 243 Å². The Morgan fingerprint density at radius 2 is 1.71 bits per heavy atom. The molecular weight excluding hydrogens is 549 g/mol. The zero-order valence-electron chi connectivity index (χ0n) is 23.2. The third kappa shape index (κ3) is 6.79. The van der Waals surface area contributed by atoms with Gasteiger partial charge in [-0.15, -0.1) is 11.6 Å². The number of aryl methyl sites for hydroxylation is 1. The predicted molar refractivity (Wildman–Crippen MR) is 155 cm³/mol. The molecule has 1 aliphatic heterocycles. The first-order valence-electron chi connectivity index (χ1n) is 13.4. The van der Waals surface area contributed by atoms with Crippen molar-refractivity contribution in [2.24, 2.45) is 5.92 Å². The van der Waals surface area contributed by atoms with E-state index in [9.17, 15) is 23.9 Å². The number of carbonyl (C=O) groups excluding carboxylic acids is 2. The summed E-state index contributed by atoms with van der Waals surface area (Å²) < 4.78 is 19.9. The summed E-state index contributed by atoms with van der Waals surface area (Å²) in [5.74, 6) is -0.658. The van der Waals surface area contributed by atoms with E-state index in [1.54, 1.807) is 30.0 Å². The second kappa shape index (κ2) is 13.0. The number of rotatable bonds is 8. The number of anilines is 1. The lowest BCUT2D eigenvalue weighted by atomic mass is 9.97. The van der Waals surface area contributed by atoms with E-state index in [0.717, 1.165) is 0 Å². The van der Waals surface area contributed by atoms with Crippen molar-refractivity contribution >= 4 is 35.2 Å². The van der Waals surface area contributed by atoms with Gasteiger partial charge in [0.15, 0.2) is 0 Å². The largest absolute Gasteiger partial charge is 0.465 e. The van der Waals surface area contributed by atoms with E-state index in [2.05, 4.69) is 0 Å². The highest BCUT2D eigenvalue weighted by Crippen LogP contribution is 2.35. The minimum atomic E-state index is -1.16. The molecule has 2 atom stereocenters. The van der Waals surface area contributed by atoms with Crippen LogP contribution in [0.5, 0.6) is 11.5 Å². The smallest absolute Gasteiger partial charge is 0.407 e. The summed E-state index contributed by atoms with van der Waals surface area (Å²) in [6.07, 6.45) is -1.04. The molecule has 0 aliphatic carbocycles. The van der Waals surface area contributed by atoms with Gasteiger partial charge in [0.05, 0.1) is 6.04 Å². The van der Waals surface area contributed by atoms with Gasteiger partial charge in [-0.3, -0.25) is 14.5 Å². The summed E-state index contributed by atoms with van der Waals surface area (Å²) in [5, 5.41) is 9.69. The molecule has 10 heteroatoms. The average Bonchev–Trinajstić information content (AvgIpc) is 2.96. The van der Waals surface area contributed by atoms with Crippen molar-refractivity contribution in [3.8, 4) is 11.5 Å². The Morgan fingerprint density at radius 1 is 1.02 bits per heavy atom. The number of piperazine rings is 1. The van der Waals surface area contributed by atoms with Crippen molar-refractivity contribution in [2.45, 2.75) is 32.9 Å². The van der Waals surface area contributed by atoms with E-state index in [1.165, 1.54) is 34.1 Å². The second-order valence-electron chi connectivity index (χ2n) is 10.3. The number of halogens is 2. The van der Waals surface area contributed by atoms with Crippen LogP contribution in [-0.4, -0.2) is 64.4 Å². The molecule has 216 valence electrons. The zero-order valence-corrected chi connectivity index (χ0v) is 23.9. The number of carboxylic acid groups (broad SMARTS) is 1. The molecule has 4 rings (SSSR count). The number of amides is 3. The molecule has 1 saturated heterocycles. The molecule has 3 aromatic carbocycles. The maximum Gasteiger partial charge on any atom is 0.407 e. The minimum Gasteiger partial charge on any atom is -0.465 e. The van der Waals surface area contributed by atoms with Gasteiger partial charge in [0.1, 0.15) is 29.2 Å². The van der Waals surface area contributed by atoms with Crippen LogP contribution in [0.25, 0.3) is 0 Å². The Hall–Kier alpha value is -4.11. The topological polar surface area (TPSA) is 90.4 Å². The van der Waals surface area contributed by atoms with Gasteiger partial charge in [-0.2, -0.15) is 0 Å². The molecule has 0 saturated carbocycles. The fourth-order valence-electron chi connectivity index (χ4n) is 5.11. The van der Waals surface area contributed by atoms with Gasteiger partial charge >= 0.3 is 6.09 Å². The molecular formula is C31H33ClFN3O5. The SMILES string of the molecule is Cc1cc(Oc2ccccc2)ccc1N(C(=O)CCl)C(C(=O)N1CCN(C(=O)O)[C@@H](C(C)C)C1)c1ccc(F)cc1. The molecule has 3 aromatic rings. The summed E-state index contributed by atoms with van der Waals surface area (Å²) in [6, 6.07) is 18.3. The fraction of sp³-hybridized carbons (Fsp3) is 0.323. The van der Waals surface area contributed by atoms with Crippen molar-refractivity contribution in [3.63, 3.8) is 0 Å². The standard InChI is InChI=1S/C31H33ClFN3O5/c1-20(2)27-19-34(15-16-35(27)31(39)40)30(38)29(22-9-11-23(33)12-10-22)36(28(37)18-32)26-14-13-25(17-21(26)3)41-24-7-5-4-6-8-24/h4-14,17,20,27,29H,15-16,18-19H2,1-3H3,(H,39,40)/t27-,29?/m1/s1. The van der Waals surface area contributed by atoms with E-state index < -0.39 is 41.7 Å². The molecule has 1 unspecified atom stereocenters. The molecule has 8 nitrogen and oxygen atoms in total. The van der Waals surface area contributed by atoms with Gasteiger partial charge in [-0.25, -0.2) is 9.18 Å². The normalized spacial score (nSPS) is 15.9. The second-order valence-corrected chi connectivity index (χ2v) is 10.6. The summed E-state index contributed by atoms with van der Waals surface area (Å²) in [7, 11) is 0. The summed E-state index contributed by atoms with van der Waals surface area (Å²) in [4.78, 5) is 43.9. The van der Waals surface area contributed by atoms with E-state index in [0.29, 0.717) is 28.3 Å². The van der Waals surface area contributed by atoms with Gasteiger partial charge in [0.25, 0.3) is 5.91 Å². The Balaban J connectivity index is 1.75. The number of benzene rings is 3. The minimum absolute atomic E-state index is 0.0500. The third-order valence-corrected chi connectivity index (χ3v) is 7.44. The van der Waals surface area contributed by atoms with E-state index in [-0.39, 0.29) is 25.6 Å². The van der Waals surface area contributed by atoms with Crippen LogP contribution < -0.4 is 9.64 Å². The van der Waals surface area contributed by atoms with Gasteiger partial charge in [-0.1, -0.05) is 44.2 Å². The van der Waals surface area contributed by atoms with Gasteiger partial charge in [0.2, 0.25) is 5.91 Å². The maximum absolute atomic E-state index is 14.3. The van der Waals surface area contributed by atoms with E-state index in [4.69, 9.17) is 16.3 Å². The Bertz CT molecular complexity index is 1390. The lowest BCUT2D eigenvalue weighted by molar-refractivity contribution is -0.137. The van der Waals surface area contributed by atoms with Crippen LogP contribution in [-0.2, 0) is 9.59 Å². The number of carbonyl (C=O) groups is 3. The quantitative estimate of drug-likeness (QED) is 0.325. The first kappa shape index (κ1) is 29.9. The number of alkyl halides is 1. The average molecular weight is 582 g/mol. The summed E-state index contributed by atoms with van der Waals surface area (Å²) in [5.41, 5.74) is 1.51. The van der Waals surface area contributed by atoms with Crippen molar-refractivity contribution in [2.75, 3.05) is 30.4 Å². The first-order valence-corrected chi connectivity index (χ1v) is 13.9. The van der Waals surface area contributed by atoms with Crippen molar-refractivity contribution in [1.82, 2.24) is 9.80 Å². The Kier molecular flexibility index (Phi) is 9.50. The molecule has 0 bridgehead atoms. The molecule has 0 spiro atoms. The first-order chi connectivity index (χ1) is 19.6. The molecule has 1 fully saturated rings. The predicted octanol–water partition coefficient (Wildman–Crippen LogP) is 6.09. The van der Waals surface area contributed by atoms with Crippen molar-refractivity contribution in [3.05, 3.63) is 89.7 Å². The highest BCUT2D eigenvalue weighted by atomic mass is 35.5. The van der Waals surface area contributed by atoms with Crippen molar-refractivity contribution in [1.29, 1.82) is 0 Å². The third-order valence-electron chi connectivity index (χ3n) is 7.21. The lowest BCUT2D eigenvalue weighted by Gasteiger charge is -2.44. The number of nitrogens with zero attached hydrogens (tertiary/aromatic N) is 3. The van der Waals surface area contributed by atoms with Gasteiger partial charge in [0, 0.05) is 25.3 Å². The van der Waals surface area contributed by atoms with Crippen LogP contribution in [0.4, 0.5) is 14.9 Å². The molecule has 1 aliphatic rings.